The van der Waals surface area contributed by atoms with Crippen molar-refractivity contribution in [1.29, 1.82) is 0 Å². The van der Waals surface area contributed by atoms with Gasteiger partial charge in [0.05, 0.1) is 10.6 Å². The predicted molar refractivity (Wildman–Crippen MR) is 82.4 cm³/mol. The van der Waals surface area contributed by atoms with Crippen LogP contribution in [-0.4, -0.2) is 22.6 Å². The summed E-state index contributed by atoms with van der Waals surface area (Å²) in [6, 6.07) is 4.63. The van der Waals surface area contributed by atoms with Gasteiger partial charge in [0.1, 0.15) is 5.82 Å². The van der Waals surface area contributed by atoms with Crippen LogP contribution in [0.15, 0.2) is 28.2 Å². The van der Waals surface area contributed by atoms with Gasteiger partial charge in [0, 0.05) is 28.5 Å². The molecule has 1 atom stereocenters. The van der Waals surface area contributed by atoms with Crippen LogP contribution in [0.5, 0.6) is 0 Å². The number of halogens is 1. The summed E-state index contributed by atoms with van der Waals surface area (Å²) >= 11 is 5.19. The van der Waals surface area contributed by atoms with Crippen LogP contribution in [0.25, 0.3) is 10.6 Å². The fourth-order valence-electron chi connectivity index (χ4n) is 2.40. The molecule has 3 rings (SSSR count). The Hall–Kier alpha value is -0.780. The van der Waals surface area contributed by atoms with E-state index in [-0.39, 0.29) is 0 Å². The first-order valence-corrected chi connectivity index (χ1v) is 8.28. The average molecular weight is 338 g/mol. The monoisotopic (exact) mass is 337 g/mol. The average Bonchev–Trinajstić information content (AvgIpc) is 2.87. The van der Waals surface area contributed by atoms with Gasteiger partial charge in [0.25, 0.3) is 0 Å². The number of hydrogen-bond donors (Lipinski definition) is 1. The first-order valence-electron chi connectivity index (χ1n) is 6.61. The Labute approximate surface area is 125 Å². The molecule has 2 aromatic heterocycles. The van der Waals surface area contributed by atoms with Gasteiger partial charge < -0.3 is 5.32 Å². The molecule has 0 bridgehead atoms. The third-order valence-corrected chi connectivity index (χ3v) is 5.08. The molecule has 19 heavy (non-hydrogen) atoms. The van der Waals surface area contributed by atoms with Gasteiger partial charge in [0.15, 0.2) is 0 Å². The van der Waals surface area contributed by atoms with Crippen molar-refractivity contribution in [3.63, 3.8) is 0 Å². The molecule has 1 unspecified atom stereocenters. The van der Waals surface area contributed by atoms with Gasteiger partial charge in [-0.25, -0.2) is 9.97 Å². The molecule has 0 aromatic carbocycles. The number of nitrogens with zero attached hydrogens (tertiary/aromatic N) is 2. The quantitative estimate of drug-likeness (QED) is 0.928. The molecule has 1 saturated heterocycles. The zero-order chi connectivity index (χ0) is 13.1. The van der Waals surface area contributed by atoms with Crippen LogP contribution in [0.3, 0.4) is 0 Å². The molecule has 0 spiro atoms. The summed E-state index contributed by atoms with van der Waals surface area (Å²) in [6.07, 6.45) is 6.64. The summed E-state index contributed by atoms with van der Waals surface area (Å²) in [4.78, 5) is 10.3. The zero-order valence-corrected chi connectivity index (χ0v) is 13.0. The van der Waals surface area contributed by atoms with Crippen LogP contribution < -0.4 is 5.32 Å². The van der Waals surface area contributed by atoms with Crippen LogP contribution in [-0.2, 0) is 6.42 Å². The summed E-state index contributed by atoms with van der Waals surface area (Å²) in [5.41, 5.74) is 1.02. The fraction of sp³-hybridized carbons (Fsp3) is 0.429. The van der Waals surface area contributed by atoms with Gasteiger partial charge in [0.2, 0.25) is 0 Å². The molecule has 0 saturated carbocycles. The number of nitrogens with one attached hydrogen (secondary N) is 1. The Morgan fingerprint density at radius 3 is 3.11 bits per heavy atom. The minimum Gasteiger partial charge on any atom is -0.314 e. The number of rotatable bonds is 3. The van der Waals surface area contributed by atoms with Crippen LogP contribution in [0.4, 0.5) is 0 Å². The van der Waals surface area contributed by atoms with E-state index in [1.54, 1.807) is 11.3 Å². The summed E-state index contributed by atoms with van der Waals surface area (Å²) in [5, 5.41) is 5.63. The summed E-state index contributed by atoms with van der Waals surface area (Å²) in [5.74, 6) is 0.946. The molecule has 3 nitrogen and oxygen atoms in total. The van der Waals surface area contributed by atoms with Crippen molar-refractivity contribution < 1.29 is 0 Å². The Bertz CT molecular complexity index is 549. The Morgan fingerprint density at radius 2 is 2.37 bits per heavy atom. The third-order valence-electron chi connectivity index (χ3n) is 3.37. The highest BCUT2D eigenvalue weighted by atomic mass is 79.9. The van der Waals surface area contributed by atoms with E-state index in [1.165, 1.54) is 24.1 Å². The van der Waals surface area contributed by atoms with Crippen molar-refractivity contribution in [2.24, 2.45) is 0 Å². The van der Waals surface area contributed by atoms with Gasteiger partial charge in [-0.1, -0.05) is 6.42 Å². The number of hydrogen-bond acceptors (Lipinski definition) is 4. The highest BCUT2D eigenvalue weighted by molar-refractivity contribution is 9.10. The first kappa shape index (κ1) is 13.2. The lowest BCUT2D eigenvalue weighted by Gasteiger charge is -2.22. The zero-order valence-electron chi connectivity index (χ0n) is 10.6. The van der Waals surface area contributed by atoms with Crippen molar-refractivity contribution in [2.45, 2.75) is 31.7 Å². The van der Waals surface area contributed by atoms with Crippen molar-refractivity contribution in [3.8, 4) is 10.6 Å². The molecular formula is C14H16BrN3S. The lowest BCUT2D eigenvalue weighted by Crippen LogP contribution is -2.36. The molecule has 0 radical (unpaired) electrons. The van der Waals surface area contributed by atoms with Crippen LogP contribution in [0.2, 0.25) is 0 Å². The topological polar surface area (TPSA) is 37.8 Å². The van der Waals surface area contributed by atoms with E-state index in [4.69, 9.17) is 0 Å². The summed E-state index contributed by atoms with van der Waals surface area (Å²) < 4.78 is 1.11. The Kier molecular flexibility index (Phi) is 4.25. The standard InChI is InChI=1S/C14H16BrN3S/c15-10-7-13(19-9-10)12-4-6-17-14(18-12)8-11-3-1-2-5-16-11/h4,6-7,9,11,16H,1-3,5,8H2. The molecule has 100 valence electrons. The van der Waals surface area contributed by atoms with E-state index in [9.17, 15) is 0 Å². The predicted octanol–water partition coefficient (Wildman–Crippen LogP) is 3.65. The lowest BCUT2D eigenvalue weighted by atomic mass is 10.0. The molecule has 5 heteroatoms. The molecule has 0 amide bonds. The van der Waals surface area contributed by atoms with Crippen molar-refractivity contribution in [3.05, 3.63) is 34.0 Å². The van der Waals surface area contributed by atoms with Gasteiger partial charge >= 0.3 is 0 Å². The molecule has 3 heterocycles. The maximum absolute atomic E-state index is 4.69. The second-order valence-corrected chi connectivity index (χ2v) is 6.67. The number of piperidine rings is 1. The molecule has 1 aliphatic rings. The van der Waals surface area contributed by atoms with E-state index < -0.39 is 0 Å². The maximum atomic E-state index is 4.69. The van der Waals surface area contributed by atoms with Crippen molar-refractivity contribution in [2.75, 3.05) is 6.54 Å². The van der Waals surface area contributed by atoms with E-state index in [2.05, 4.69) is 42.7 Å². The molecule has 1 aliphatic heterocycles. The number of thiophene rings is 1. The van der Waals surface area contributed by atoms with Gasteiger partial charge in [-0.3, -0.25) is 0 Å². The second-order valence-electron chi connectivity index (χ2n) is 4.84. The fourth-order valence-corrected chi connectivity index (χ4v) is 3.80. The van der Waals surface area contributed by atoms with Gasteiger partial charge in [-0.15, -0.1) is 11.3 Å². The van der Waals surface area contributed by atoms with Crippen molar-refractivity contribution >= 4 is 27.3 Å². The minimum atomic E-state index is 0.541. The van der Waals surface area contributed by atoms with E-state index in [1.807, 2.05) is 12.3 Å². The van der Waals surface area contributed by atoms with E-state index >= 15 is 0 Å². The van der Waals surface area contributed by atoms with E-state index in [0.717, 1.165) is 29.0 Å². The largest absolute Gasteiger partial charge is 0.314 e. The molecule has 1 fully saturated rings. The van der Waals surface area contributed by atoms with Gasteiger partial charge in [-0.05, 0) is 47.4 Å². The van der Waals surface area contributed by atoms with Crippen LogP contribution in [0.1, 0.15) is 25.1 Å². The SMILES string of the molecule is Brc1csc(-c2ccnc(CC3CCCCN3)n2)c1. The van der Waals surface area contributed by atoms with Crippen LogP contribution in [0, 0.1) is 0 Å². The second kappa shape index (κ2) is 6.11. The highest BCUT2D eigenvalue weighted by Gasteiger charge is 2.15. The summed E-state index contributed by atoms with van der Waals surface area (Å²) in [6.45, 7) is 1.13. The number of aromatic nitrogens is 2. The Balaban J connectivity index is 1.75. The smallest absolute Gasteiger partial charge is 0.130 e. The molecule has 1 N–H and O–H groups in total. The lowest BCUT2D eigenvalue weighted by molar-refractivity contribution is 0.394. The molecular weight excluding hydrogens is 322 g/mol. The van der Waals surface area contributed by atoms with E-state index in [0.29, 0.717) is 6.04 Å². The first-order chi connectivity index (χ1) is 9.31. The normalized spacial score (nSPS) is 19.5. The Morgan fingerprint density at radius 1 is 1.42 bits per heavy atom. The van der Waals surface area contributed by atoms with Crippen LogP contribution >= 0.6 is 27.3 Å². The summed E-state index contributed by atoms with van der Waals surface area (Å²) in [7, 11) is 0. The van der Waals surface area contributed by atoms with Gasteiger partial charge in [-0.2, -0.15) is 0 Å². The molecule has 0 aliphatic carbocycles. The molecule has 2 aromatic rings. The maximum Gasteiger partial charge on any atom is 0.130 e. The highest BCUT2D eigenvalue weighted by Crippen LogP contribution is 2.28. The third kappa shape index (κ3) is 3.41. The van der Waals surface area contributed by atoms with Crippen molar-refractivity contribution in [1.82, 2.24) is 15.3 Å². The minimum absolute atomic E-state index is 0.541.